The first-order valence-electron chi connectivity index (χ1n) is 7.79. The average molecular weight is 273 g/mol. The van der Waals surface area contributed by atoms with E-state index in [0.717, 1.165) is 32.1 Å². The van der Waals surface area contributed by atoms with Gasteiger partial charge in [-0.25, -0.2) is 0 Å². The van der Waals surface area contributed by atoms with Crippen LogP contribution in [0.1, 0.15) is 50.0 Å². The molecule has 2 aliphatic rings. The molecular weight excluding hydrogens is 250 g/mol. The van der Waals surface area contributed by atoms with Crippen LogP contribution in [0.2, 0.25) is 0 Å². The summed E-state index contributed by atoms with van der Waals surface area (Å²) in [5, 5.41) is 13.1. The standard InChI is InChI=1S/C17H23NO2/c19-16-10-6-2-5-9-15(16)18-17(20)14-11-13(14)12-7-3-1-4-8-12/h1,3-4,7-8,13-16,19H,2,5-6,9-11H2,(H,18,20). The molecule has 108 valence electrons. The predicted molar refractivity (Wildman–Crippen MR) is 78.3 cm³/mol. The third kappa shape index (κ3) is 3.04. The van der Waals surface area contributed by atoms with E-state index in [-0.39, 0.29) is 24.0 Å². The highest BCUT2D eigenvalue weighted by Crippen LogP contribution is 2.47. The molecule has 2 saturated carbocycles. The molecule has 0 spiro atoms. The van der Waals surface area contributed by atoms with Crippen LogP contribution < -0.4 is 5.32 Å². The fourth-order valence-corrected chi connectivity index (χ4v) is 3.30. The number of aliphatic hydroxyl groups is 1. The maximum Gasteiger partial charge on any atom is 0.224 e. The van der Waals surface area contributed by atoms with Crippen LogP contribution in [0.25, 0.3) is 0 Å². The molecule has 3 rings (SSSR count). The van der Waals surface area contributed by atoms with Gasteiger partial charge in [0.2, 0.25) is 5.91 Å². The van der Waals surface area contributed by atoms with E-state index in [9.17, 15) is 9.90 Å². The fourth-order valence-electron chi connectivity index (χ4n) is 3.30. The van der Waals surface area contributed by atoms with Gasteiger partial charge in [0, 0.05) is 5.92 Å². The Morgan fingerprint density at radius 3 is 2.65 bits per heavy atom. The van der Waals surface area contributed by atoms with E-state index in [4.69, 9.17) is 0 Å². The number of aliphatic hydroxyl groups excluding tert-OH is 1. The van der Waals surface area contributed by atoms with E-state index in [0.29, 0.717) is 5.92 Å². The highest BCUT2D eigenvalue weighted by Gasteiger charge is 2.44. The molecule has 0 radical (unpaired) electrons. The van der Waals surface area contributed by atoms with E-state index in [1.54, 1.807) is 0 Å². The molecule has 2 fully saturated rings. The number of hydrogen-bond acceptors (Lipinski definition) is 2. The van der Waals surface area contributed by atoms with Crippen molar-refractivity contribution in [2.24, 2.45) is 5.92 Å². The summed E-state index contributed by atoms with van der Waals surface area (Å²) in [6.45, 7) is 0. The van der Waals surface area contributed by atoms with Gasteiger partial charge in [0.25, 0.3) is 0 Å². The second-order valence-corrected chi connectivity index (χ2v) is 6.18. The molecule has 0 saturated heterocycles. The van der Waals surface area contributed by atoms with Crippen LogP contribution in [-0.2, 0) is 4.79 Å². The lowest BCUT2D eigenvalue weighted by molar-refractivity contribution is -0.124. The number of rotatable bonds is 3. The van der Waals surface area contributed by atoms with Crippen molar-refractivity contribution in [1.82, 2.24) is 5.32 Å². The monoisotopic (exact) mass is 273 g/mol. The molecule has 0 aromatic heterocycles. The summed E-state index contributed by atoms with van der Waals surface area (Å²) in [6, 6.07) is 10.2. The Morgan fingerprint density at radius 1 is 1.10 bits per heavy atom. The van der Waals surface area contributed by atoms with Crippen LogP contribution in [0.4, 0.5) is 0 Å². The van der Waals surface area contributed by atoms with Crippen LogP contribution in [-0.4, -0.2) is 23.2 Å². The van der Waals surface area contributed by atoms with Crippen molar-refractivity contribution in [2.45, 2.75) is 56.6 Å². The molecule has 2 N–H and O–H groups in total. The first-order chi connectivity index (χ1) is 9.75. The number of hydrogen-bond donors (Lipinski definition) is 2. The van der Waals surface area contributed by atoms with Gasteiger partial charge in [-0.15, -0.1) is 0 Å². The van der Waals surface area contributed by atoms with Crippen molar-refractivity contribution in [3.05, 3.63) is 35.9 Å². The fraction of sp³-hybridized carbons (Fsp3) is 0.588. The first-order valence-corrected chi connectivity index (χ1v) is 7.79. The third-order valence-electron chi connectivity index (χ3n) is 4.66. The Bertz CT molecular complexity index is 459. The molecule has 2 aliphatic carbocycles. The van der Waals surface area contributed by atoms with Gasteiger partial charge in [-0.3, -0.25) is 4.79 Å². The van der Waals surface area contributed by atoms with Gasteiger partial charge in [-0.1, -0.05) is 49.6 Å². The number of nitrogens with one attached hydrogen (secondary N) is 1. The number of benzene rings is 1. The van der Waals surface area contributed by atoms with Crippen molar-refractivity contribution in [3.63, 3.8) is 0 Å². The SMILES string of the molecule is O=C(NC1CCCCCC1O)C1CC1c1ccccc1. The van der Waals surface area contributed by atoms with Gasteiger partial charge in [0.1, 0.15) is 0 Å². The first kappa shape index (κ1) is 13.6. The summed E-state index contributed by atoms with van der Waals surface area (Å²) < 4.78 is 0. The molecule has 20 heavy (non-hydrogen) atoms. The zero-order valence-corrected chi connectivity index (χ0v) is 11.8. The highest BCUT2D eigenvalue weighted by atomic mass is 16.3. The summed E-state index contributed by atoms with van der Waals surface area (Å²) in [7, 11) is 0. The lowest BCUT2D eigenvalue weighted by atomic mass is 10.1. The third-order valence-corrected chi connectivity index (χ3v) is 4.66. The van der Waals surface area contributed by atoms with Gasteiger partial charge < -0.3 is 10.4 Å². The largest absolute Gasteiger partial charge is 0.391 e. The molecular formula is C17H23NO2. The molecule has 0 bridgehead atoms. The average Bonchev–Trinajstić information content (AvgIpc) is 3.27. The van der Waals surface area contributed by atoms with Crippen molar-refractivity contribution in [2.75, 3.05) is 0 Å². The predicted octanol–water partition coefficient (Wildman–Crippen LogP) is 2.60. The topological polar surface area (TPSA) is 49.3 Å². The molecule has 3 nitrogen and oxygen atoms in total. The summed E-state index contributed by atoms with van der Waals surface area (Å²) >= 11 is 0. The zero-order chi connectivity index (χ0) is 13.9. The van der Waals surface area contributed by atoms with Crippen molar-refractivity contribution in [1.29, 1.82) is 0 Å². The Kier molecular flexibility index (Phi) is 4.06. The Labute approximate surface area is 120 Å². The van der Waals surface area contributed by atoms with E-state index in [1.165, 1.54) is 12.0 Å². The van der Waals surface area contributed by atoms with Gasteiger partial charge in [0.15, 0.2) is 0 Å². The summed E-state index contributed by atoms with van der Waals surface area (Å²) in [5.74, 6) is 0.608. The van der Waals surface area contributed by atoms with E-state index < -0.39 is 0 Å². The molecule has 0 aliphatic heterocycles. The van der Waals surface area contributed by atoms with Gasteiger partial charge >= 0.3 is 0 Å². The smallest absolute Gasteiger partial charge is 0.224 e. The molecule has 4 atom stereocenters. The lowest BCUT2D eigenvalue weighted by Crippen LogP contribution is -2.43. The summed E-state index contributed by atoms with van der Waals surface area (Å²) in [5.41, 5.74) is 1.26. The maximum atomic E-state index is 12.3. The normalized spacial score (nSPS) is 33.2. The minimum atomic E-state index is -0.365. The molecule has 1 aromatic carbocycles. The zero-order valence-electron chi connectivity index (χ0n) is 11.8. The van der Waals surface area contributed by atoms with Crippen molar-refractivity contribution in [3.8, 4) is 0 Å². The number of carbonyl (C=O) groups excluding carboxylic acids is 1. The Balaban J connectivity index is 1.55. The number of carbonyl (C=O) groups is 1. The lowest BCUT2D eigenvalue weighted by Gasteiger charge is -2.21. The van der Waals surface area contributed by atoms with Crippen molar-refractivity contribution < 1.29 is 9.90 Å². The maximum absolute atomic E-state index is 12.3. The quantitative estimate of drug-likeness (QED) is 0.832. The van der Waals surface area contributed by atoms with Gasteiger partial charge in [0.05, 0.1) is 12.1 Å². The van der Waals surface area contributed by atoms with E-state index in [1.807, 2.05) is 18.2 Å². The van der Waals surface area contributed by atoms with E-state index >= 15 is 0 Å². The Hall–Kier alpha value is -1.35. The molecule has 0 heterocycles. The second-order valence-electron chi connectivity index (χ2n) is 6.18. The van der Waals surface area contributed by atoms with Crippen LogP contribution >= 0.6 is 0 Å². The number of amides is 1. The minimum Gasteiger partial charge on any atom is -0.391 e. The molecule has 4 unspecified atom stereocenters. The minimum absolute atomic E-state index is 0.0398. The van der Waals surface area contributed by atoms with Crippen molar-refractivity contribution >= 4 is 5.91 Å². The second kappa shape index (κ2) is 5.96. The van der Waals surface area contributed by atoms with Gasteiger partial charge in [-0.2, -0.15) is 0 Å². The van der Waals surface area contributed by atoms with Crippen LogP contribution in [0, 0.1) is 5.92 Å². The van der Waals surface area contributed by atoms with Crippen LogP contribution in [0.5, 0.6) is 0 Å². The van der Waals surface area contributed by atoms with E-state index in [2.05, 4.69) is 17.4 Å². The Morgan fingerprint density at radius 2 is 1.85 bits per heavy atom. The van der Waals surface area contributed by atoms with Crippen LogP contribution in [0.3, 0.4) is 0 Å². The summed E-state index contributed by atoms with van der Waals surface area (Å²) in [4.78, 5) is 12.3. The van der Waals surface area contributed by atoms with Gasteiger partial charge in [-0.05, 0) is 30.7 Å². The summed E-state index contributed by atoms with van der Waals surface area (Å²) in [6.07, 6.45) is 5.65. The molecule has 1 aromatic rings. The molecule has 3 heteroatoms. The highest BCUT2D eigenvalue weighted by molar-refractivity contribution is 5.83. The van der Waals surface area contributed by atoms with Crippen LogP contribution in [0.15, 0.2) is 30.3 Å². The molecule has 1 amide bonds.